The fourth-order valence-electron chi connectivity index (χ4n) is 3.87. The van der Waals surface area contributed by atoms with Crippen LogP contribution in [-0.4, -0.2) is 31.4 Å². The maximum absolute atomic E-state index is 13.1. The third kappa shape index (κ3) is 3.76. The number of nitrogens with zero attached hydrogens (tertiary/aromatic N) is 2. The fraction of sp³-hybridized carbons (Fsp3) is 0.429. The van der Waals surface area contributed by atoms with E-state index in [9.17, 15) is 13.2 Å². The van der Waals surface area contributed by atoms with Crippen LogP contribution in [0.4, 0.5) is 0 Å². The van der Waals surface area contributed by atoms with Crippen LogP contribution in [0.25, 0.3) is 0 Å². The summed E-state index contributed by atoms with van der Waals surface area (Å²) in [6, 6.07) is 6.78. The molecule has 1 aliphatic heterocycles. The second-order valence-corrected chi connectivity index (χ2v) is 9.30. The van der Waals surface area contributed by atoms with Crippen molar-refractivity contribution in [3.8, 4) is 0 Å². The number of likely N-dealkylation sites (N-methyl/N-ethyl adjacent to an activating group) is 1. The number of amidine groups is 1. The van der Waals surface area contributed by atoms with Gasteiger partial charge in [-0.05, 0) is 58.2 Å². The number of carbonyl (C=O) groups excluding carboxylic acids is 1. The van der Waals surface area contributed by atoms with Gasteiger partial charge in [0.05, 0.1) is 4.90 Å². The number of carbonyl (C=O) groups is 1. The van der Waals surface area contributed by atoms with Gasteiger partial charge < -0.3 is 0 Å². The standard InChI is InChI=1S/C21H26N2O3S/c1-14-9-11-18(12-10-14)27(25,26)23(4)20-13-17-7-5-6-8-19(17)21(16(3)24)15(2)22-20/h9-13,19H,5-8H2,1-4H3/t19-/m0/s1. The van der Waals surface area contributed by atoms with Crippen LogP contribution >= 0.6 is 0 Å². The van der Waals surface area contributed by atoms with Crippen LogP contribution in [-0.2, 0) is 14.8 Å². The molecular weight excluding hydrogens is 360 g/mol. The molecule has 1 saturated carbocycles. The number of hydrogen-bond donors (Lipinski definition) is 0. The number of ketones is 1. The van der Waals surface area contributed by atoms with Crippen LogP contribution in [0.15, 0.2) is 57.1 Å². The van der Waals surface area contributed by atoms with E-state index in [0.29, 0.717) is 11.5 Å². The lowest BCUT2D eigenvalue weighted by Crippen LogP contribution is -2.32. The normalized spacial score (nSPS) is 20.4. The number of hydrogen-bond acceptors (Lipinski definition) is 4. The van der Waals surface area contributed by atoms with Crippen molar-refractivity contribution in [2.75, 3.05) is 7.05 Å². The molecule has 5 nitrogen and oxygen atoms in total. The highest BCUT2D eigenvalue weighted by Crippen LogP contribution is 2.38. The molecule has 2 aliphatic rings. The Kier molecular flexibility index (Phi) is 5.38. The van der Waals surface area contributed by atoms with Gasteiger partial charge in [-0.1, -0.05) is 29.7 Å². The first-order valence-corrected chi connectivity index (χ1v) is 10.7. The topological polar surface area (TPSA) is 66.8 Å². The Hall–Kier alpha value is -2.21. The third-order valence-electron chi connectivity index (χ3n) is 5.37. The van der Waals surface area contributed by atoms with E-state index in [-0.39, 0.29) is 16.6 Å². The molecule has 27 heavy (non-hydrogen) atoms. The molecule has 0 amide bonds. The van der Waals surface area contributed by atoms with Gasteiger partial charge in [0.15, 0.2) is 5.78 Å². The highest BCUT2D eigenvalue weighted by atomic mass is 32.2. The number of fused-ring (bicyclic) bond motifs is 1. The number of Topliss-reactive ketones (excluding diaryl/α,β-unsaturated/α-hetero) is 1. The van der Waals surface area contributed by atoms with E-state index >= 15 is 0 Å². The van der Waals surface area contributed by atoms with Crippen molar-refractivity contribution in [1.82, 2.24) is 4.31 Å². The van der Waals surface area contributed by atoms with Crippen molar-refractivity contribution >= 4 is 21.6 Å². The molecular formula is C21H26N2O3S. The van der Waals surface area contributed by atoms with Gasteiger partial charge in [-0.3, -0.25) is 9.10 Å². The Labute approximate surface area is 161 Å². The van der Waals surface area contributed by atoms with E-state index < -0.39 is 10.0 Å². The highest BCUT2D eigenvalue weighted by molar-refractivity contribution is 7.89. The molecule has 3 rings (SSSR count). The molecule has 1 aliphatic carbocycles. The summed E-state index contributed by atoms with van der Waals surface area (Å²) in [5.41, 5.74) is 3.44. The summed E-state index contributed by atoms with van der Waals surface area (Å²) in [5.74, 6) is 0.429. The third-order valence-corrected chi connectivity index (χ3v) is 7.15. The summed E-state index contributed by atoms with van der Waals surface area (Å²) in [5, 5.41) is 0. The number of rotatable bonds is 3. The molecule has 0 spiro atoms. The quantitative estimate of drug-likeness (QED) is 0.788. The molecule has 144 valence electrons. The van der Waals surface area contributed by atoms with Crippen molar-refractivity contribution in [2.24, 2.45) is 10.9 Å². The van der Waals surface area contributed by atoms with E-state index in [0.717, 1.165) is 42.4 Å². The summed E-state index contributed by atoms with van der Waals surface area (Å²) >= 11 is 0. The molecule has 6 heteroatoms. The lowest BCUT2D eigenvalue weighted by atomic mass is 9.78. The van der Waals surface area contributed by atoms with Gasteiger partial charge in [-0.25, -0.2) is 13.4 Å². The summed E-state index contributed by atoms with van der Waals surface area (Å²) in [7, 11) is -2.20. The lowest BCUT2D eigenvalue weighted by molar-refractivity contribution is -0.114. The van der Waals surface area contributed by atoms with Gasteiger partial charge >= 0.3 is 0 Å². The van der Waals surface area contributed by atoms with Crippen LogP contribution in [0.2, 0.25) is 0 Å². The predicted octanol–water partition coefficient (Wildman–Crippen LogP) is 4.01. The van der Waals surface area contributed by atoms with Crippen LogP contribution in [0.3, 0.4) is 0 Å². The van der Waals surface area contributed by atoms with E-state index in [4.69, 9.17) is 0 Å². The molecule has 1 heterocycles. The molecule has 0 bridgehead atoms. The first-order valence-electron chi connectivity index (χ1n) is 9.28. The van der Waals surface area contributed by atoms with Gasteiger partial charge in [0.2, 0.25) is 0 Å². The SMILES string of the molecule is CC(=O)C1=C(C)N=C(N(C)S(=O)(=O)c2ccc(C)cc2)C=C2CCCC[C@@H]21. The summed E-state index contributed by atoms with van der Waals surface area (Å²) in [4.78, 5) is 17.0. The molecule has 0 radical (unpaired) electrons. The molecule has 1 fully saturated rings. The van der Waals surface area contributed by atoms with E-state index in [2.05, 4.69) is 4.99 Å². The summed E-state index contributed by atoms with van der Waals surface area (Å²) in [6.07, 6.45) is 5.77. The van der Waals surface area contributed by atoms with Crippen molar-refractivity contribution in [2.45, 2.75) is 51.3 Å². The maximum atomic E-state index is 13.1. The first-order chi connectivity index (χ1) is 12.7. The van der Waals surface area contributed by atoms with Gasteiger partial charge in [0.25, 0.3) is 10.0 Å². The average Bonchev–Trinajstić information content (AvgIpc) is 2.76. The Morgan fingerprint density at radius 3 is 2.44 bits per heavy atom. The number of sulfonamides is 1. The zero-order chi connectivity index (χ0) is 19.8. The van der Waals surface area contributed by atoms with E-state index in [1.54, 1.807) is 38.1 Å². The van der Waals surface area contributed by atoms with Gasteiger partial charge in [0.1, 0.15) is 5.84 Å². The van der Waals surface area contributed by atoms with Crippen LogP contribution in [0.1, 0.15) is 45.1 Å². The minimum absolute atomic E-state index is 0.0133. The lowest BCUT2D eigenvalue weighted by Gasteiger charge is -2.26. The Morgan fingerprint density at radius 1 is 1.15 bits per heavy atom. The van der Waals surface area contributed by atoms with Crippen molar-refractivity contribution < 1.29 is 13.2 Å². The Balaban J connectivity index is 2.08. The van der Waals surface area contributed by atoms with Crippen molar-refractivity contribution in [1.29, 1.82) is 0 Å². The molecule has 1 aromatic rings. The van der Waals surface area contributed by atoms with E-state index in [1.807, 2.05) is 13.0 Å². The van der Waals surface area contributed by atoms with Crippen molar-refractivity contribution in [3.63, 3.8) is 0 Å². The molecule has 0 aromatic heterocycles. The van der Waals surface area contributed by atoms with Gasteiger partial charge in [-0.15, -0.1) is 0 Å². The van der Waals surface area contributed by atoms with E-state index in [1.165, 1.54) is 11.4 Å². The van der Waals surface area contributed by atoms with Crippen molar-refractivity contribution in [3.05, 3.63) is 52.7 Å². The number of benzene rings is 1. The molecule has 1 aromatic carbocycles. The van der Waals surface area contributed by atoms with Gasteiger partial charge in [-0.2, -0.15) is 0 Å². The minimum Gasteiger partial charge on any atom is -0.295 e. The monoisotopic (exact) mass is 386 g/mol. The number of allylic oxidation sites excluding steroid dienone is 3. The smallest absolute Gasteiger partial charge is 0.265 e. The van der Waals surface area contributed by atoms with Crippen LogP contribution in [0, 0.1) is 12.8 Å². The largest absolute Gasteiger partial charge is 0.295 e. The second kappa shape index (κ2) is 7.43. The fourth-order valence-corrected chi connectivity index (χ4v) is 5.01. The Bertz CT molecular complexity index is 954. The van der Waals surface area contributed by atoms with Gasteiger partial charge in [0, 0.05) is 24.2 Å². The maximum Gasteiger partial charge on any atom is 0.265 e. The molecule has 0 unspecified atom stereocenters. The zero-order valence-corrected chi connectivity index (χ0v) is 17.1. The minimum atomic E-state index is -3.72. The zero-order valence-electron chi connectivity index (χ0n) is 16.3. The molecule has 0 saturated heterocycles. The highest BCUT2D eigenvalue weighted by Gasteiger charge is 2.31. The predicted molar refractivity (Wildman–Crippen MR) is 107 cm³/mol. The number of aryl methyl sites for hydroxylation is 1. The average molecular weight is 387 g/mol. The molecule has 1 atom stereocenters. The number of aliphatic imine (C=N–C) groups is 1. The second-order valence-electron chi connectivity index (χ2n) is 7.33. The summed E-state index contributed by atoms with van der Waals surface area (Å²) in [6.45, 7) is 5.29. The van der Waals surface area contributed by atoms with Crippen LogP contribution in [0.5, 0.6) is 0 Å². The summed E-state index contributed by atoms with van der Waals surface area (Å²) < 4.78 is 27.4. The molecule has 0 N–H and O–H groups in total. The Morgan fingerprint density at radius 2 is 1.81 bits per heavy atom. The first kappa shape index (κ1) is 19.5. The van der Waals surface area contributed by atoms with Crippen LogP contribution < -0.4 is 0 Å².